The number of phenolic OH excluding ortho intramolecular Hbond substituents is 1. The maximum atomic E-state index is 11.1. The van der Waals surface area contributed by atoms with Gasteiger partial charge in [0.2, 0.25) is 0 Å². The molecule has 0 aliphatic carbocycles. The van der Waals surface area contributed by atoms with E-state index < -0.39 is 17.2 Å². The molecule has 0 aliphatic heterocycles. The van der Waals surface area contributed by atoms with Gasteiger partial charge in [0, 0.05) is 5.39 Å². The van der Waals surface area contributed by atoms with Gasteiger partial charge < -0.3 is 14.6 Å². The largest absolute Gasteiger partial charge is 0.508 e. The van der Waals surface area contributed by atoms with Crippen molar-refractivity contribution in [3.8, 4) is 5.75 Å². The first-order valence-corrected chi connectivity index (χ1v) is 4.08. The molecule has 1 aromatic carbocycles. The summed E-state index contributed by atoms with van der Waals surface area (Å²) in [4.78, 5) is 21.8. The summed E-state index contributed by atoms with van der Waals surface area (Å²) in [6, 6.07) is 5.25. The summed E-state index contributed by atoms with van der Waals surface area (Å²) < 4.78 is 4.76. The van der Waals surface area contributed by atoms with Gasteiger partial charge in [0.05, 0.1) is 0 Å². The van der Waals surface area contributed by atoms with E-state index in [-0.39, 0.29) is 11.3 Å². The molecule has 1 aromatic heterocycles. The van der Waals surface area contributed by atoms with Gasteiger partial charge in [-0.15, -0.1) is 0 Å². The van der Waals surface area contributed by atoms with Crippen molar-refractivity contribution in [2.75, 3.05) is 0 Å². The van der Waals surface area contributed by atoms with Gasteiger partial charge in [0.1, 0.15) is 16.9 Å². The highest BCUT2D eigenvalue weighted by Gasteiger charge is 2.11. The molecule has 0 amide bonds. The van der Waals surface area contributed by atoms with Crippen LogP contribution >= 0.6 is 0 Å². The van der Waals surface area contributed by atoms with Crippen LogP contribution in [0.2, 0.25) is 0 Å². The molecule has 0 atom stereocenters. The van der Waals surface area contributed by atoms with E-state index >= 15 is 0 Å². The number of carboxylic acids is 1. The average Bonchev–Trinajstić information content (AvgIpc) is 2.17. The molecule has 15 heavy (non-hydrogen) atoms. The normalized spacial score (nSPS) is 10.4. The fourth-order valence-corrected chi connectivity index (χ4v) is 1.26. The molecule has 0 spiro atoms. The van der Waals surface area contributed by atoms with E-state index in [1.807, 2.05) is 0 Å². The van der Waals surface area contributed by atoms with Gasteiger partial charge in [-0.05, 0) is 24.3 Å². The van der Waals surface area contributed by atoms with Crippen LogP contribution in [-0.2, 0) is 0 Å². The second-order valence-corrected chi connectivity index (χ2v) is 2.97. The average molecular weight is 206 g/mol. The van der Waals surface area contributed by atoms with E-state index in [9.17, 15) is 9.59 Å². The van der Waals surface area contributed by atoms with Crippen LogP contribution in [0.25, 0.3) is 11.0 Å². The third-order valence-electron chi connectivity index (χ3n) is 1.95. The molecule has 5 nitrogen and oxygen atoms in total. The fraction of sp³-hybridized carbons (Fsp3) is 0. The quantitative estimate of drug-likeness (QED) is 0.684. The first-order valence-electron chi connectivity index (χ1n) is 4.08. The van der Waals surface area contributed by atoms with Crippen LogP contribution in [0, 0.1) is 0 Å². The molecule has 0 saturated carbocycles. The highest BCUT2D eigenvalue weighted by molar-refractivity contribution is 5.91. The topological polar surface area (TPSA) is 87.7 Å². The number of aromatic carboxylic acids is 1. The number of carboxylic acid groups (broad SMARTS) is 1. The number of aromatic hydroxyl groups is 1. The summed E-state index contributed by atoms with van der Waals surface area (Å²) >= 11 is 0. The van der Waals surface area contributed by atoms with Crippen molar-refractivity contribution >= 4 is 16.9 Å². The summed E-state index contributed by atoms with van der Waals surface area (Å²) in [5, 5.41) is 18.2. The molecule has 0 saturated heterocycles. The lowest BCUT2D eigenvalue weighted by molar-refractivity contribution is 0.0692. The molecule has 0 aliphatic rings. The van der Waals surface area contributed by atoms with Gasteiger partial charge >= 0.3 is 11.6 Å². The lowest BCUT2D eigenvalue weighted by Gasteiger charge is -1.98. The second-order valence-electron chi connectivity index (χ2n) is 2.97. The van der Waals surface area contributed by atoms with Crippen LogP contribution in [-0.4, -0.2) is 16.2 Å². The number of carbonyl (C=O) groups is 1. The maximum absolute atomic E-state index is 11.1. The van der Waals surface area contributed by atoms with Crippen LogP contribution in [0.5, 0.6) is 5.75 Å². The van der Waals surface area contributed by atoms with Crippen LogP contribution in [0.4, 0.5) is 0 Å². The minimum atomic E-state index is -1.35. The Morgan fingerprint density at radius 1 is 1.27 bits per heavy atom. The number of hydrogen-bond donors (Lipinski definition) is 2. The Labute approximate surface area is 83.2 Å². The van der Waals surface area contributed by atoms with Gasteiger partial charge in [-0.1, -0.05) is 0 Å². The van der Waals surface area contributed by atoms with E-state index in [0.717, 1.165) is 0 Å². The maximum Gasteiger partial charge on any atom is 0.351 e. The SMILES string of the molecule is O=C(O)c1cc2cc(O)ccc2oc1=O. The molecule has 0 fully saturated rings. The number of rotatable bonds is 1. The summed E-state index contributed by atoms with van der Waals surface area (Å²) in [6.07, 6.45) is 0. The van der Waals surface area contributed by atoms with Crippen molar-refractivity contribution in [1.82, 2.24) is 0 Å². The van der Waals surface area contributed by atoms with Gasteiger partial charge in [-0.3, -0.25) is 0 Å². The van der Waals surface area contributed by atoms with Crippen LogP contribution in [0.15, 0.2) is 33.5 Å². The molecule has 0 radical (unpaired) electrons. The Kier molecular flexibility index (Phi) is 1.93. The van der Waals surface area contributed by atoms with Crippen molar-refractivity contribution in [3.05, 3.63) is 40.2 Å². The molecule has 1 heterocycles. The standard InChI is InChI=1S/C10H6O5/c11-6-1-2-8-5(3-6)4-7(9(12)13)10(14)15-8/h1-4,11H,(H,12,13). The highest BCUT2D eigenvalue weighted by Crippen LogP contribution is 2.19. The number of phenols is 1. The van der Waals surface area contributed by atoms with Gasteiger partial charge in [-0.25, -0.2) is 9.59 Å². The number of hydrogen-bond acceptors (Lipinski definition) is 4. The lowest BCUT2D eigenvalue weighted by Crippen LogP contribution is -2.12. The smallest absolute Gasteiger partial charge is 0.351 e. The Bertz CT molecular complexity index is 596. The molecule has 76 valence electrons. The zero-order valence-electron chi connectivity index (χ0n) is 7.43. The highest BCUT2D eigenvalue weighted by atomic mass is 16.4. The number of benzene rings is 1. The first-order chi connectivity index (χ1) is 7.08. The van der Waals surface area contributed by atoms with Crippen molar-refractivity contribution in [2.24, 2.45) is 0 Å². The third-order valence-corrected chi connectivity index (χ3v) is 1.95. The van der Waals surface area contributed by atoms with E-state index in [1.165, 1.54) is 24.3 Å². The first kappa shape index (κ1) is 9.26. The van der Waals surface area contributed by atoms with Gasteiger partial charge in [0.25, 0.3) is 0 Å². The zero-order chi connectivity index (χ0) is 11.0. The van der Waals surface area contributed by atoms with Crippen LogP contribution < -0.4 is 5.63 Å². The fourth-order valence-electron chi connectivity index (χ4n) is 1.26. The van der Waals surface area contributed by atoms with Crippen molar-refractivity contribution in [1.29, 1.82) is 0 Å². The summed E-state index contributed by atoms with van der Waals surface area (Å²) in [5.74, 6) is -1.37. The molecule has 2 N–H and O–H groups in total. The van der Waals surface area contributed by atoms with Crippen molar-refractivity contribution in [2.45, 2.75) is 0 Å². The predicted octanol–water partition coefficient (Wildman–Crippen LogP) is 1.20. The summed E-state index contributed by atoms with van der Waals surface area (Å²) in [6.45, 7) is 0. The lowest BCUT2D eigenvalue weighted by atomic mass is 10.2. The molecule has 5 heteroatoms. The molecular formula is C10H6O5. The Balaban J connectivity index is 2.83. The van der Waals surface area contributed by atoms with Crippen molar-refractivity contribution in [3.63, 3.8) is 0 Å². The van der Waals surface area contributed by atoms with E-state index in [0.29, 0.717) is 5.39 Å². The minimum Gasteiger partial charge on any atom is -0.508 e. The van der Waals surface area contributed by atoms with Crippen molar-refractivity contribution < 1.29 is 19.4 Å². The summed E-state index contributed by atoms with van der Waals surface area (Å²) in [5.41, 5.74) is -1.11. The van der Waals surface area contributed by atoms with E-state index in [1.54, 1.807) is 0 Å². The Morgan fingerprint density at radius 2 is 2.00 bits per heavy atom. The summed E-state index contributed by atoms with van der Waals surface area (Å²) in [7, 11) is 0. The number of fused-ring (bicyclic) bond motifs is 1. The zero-order valence-corrected chi connectivity index (χ0v) is 7.43. The van der Waals surface area contributed by atoms with Gasteiger partial charge in [-0.2, -0.15) is 0 Å². The van der Waals surface area contributed by atoms with Gasteiger partial charge in [0.15, 0.2) is 0 Å². The molecule has 2 aromatic rings. The Hall–Kier alpha value is -2.30. The van der Waals surface area contributed by atoms with E-state index in [4.69, 9.17) is 14.6 Å². The molecule has 2 rings (SSSR count). The molecule has 0 unspecified atom stereocenters. The van der Waals surface area contributed by atoms with E-state index in [2.05, 4.69) is 0 Å². The predicted molar refractivity (Wildman–Crippen MR) is 51.1 cm³/mol. The third kappa shape index (κ3) is 1.54. The van der Waals surface area contributed by atoms with Crippen LogP contribution in [0.3, 0.4) is 0 Å². The monoisotopic (exact) mass is 206 g/mol. The second kappa shape index (κ2) is 3.13. The Morgan fingerprint density at radius 3 is 2.67 bits per heavy atom. The molecule has 0 bridgehead atoms. The minimum absolute atomic E-state index is 0.0207. The van der Waals surface area contributed by atoms with Crippen LogP contribution in [0.1, 0.15) is 10.4 Å². The molecular weight excluding hydrogens is 200 g/mol.